The number of hydroxylamine groups is 2. The average Bonchev–Trinajstić information content (AvgIpc) is 3.47. The molecule has 0 bridgehead atoms. The Bertz CT molecular complexity index is 1350. The van der Waals surface area contributed by atoms with Crippen molar-refractivity contribution in [3.63, 3.8) is 0 Å². The number of hydrogen-bond donors (Lipinski definition) is 1. The molecule has 34 heavy (non-hydrogen) atoms. The van der Waals surface area contributed by atoms with Crippen molar-refractivity contribution in [2.24, 2.45) is 5.92 Å². The zero-order chi connectivity index (χ0) is 24.1. The molecule has 2 aromatic heterocycles. The Labute approximate surface area is 198 Å². The summed E-state index contributed by atoms with van der Waals surface area (Å²) in [7, 11) is -0.726. The van der Waals surface area contributed by atoms with Gasteiger partial charge in [0.05, 0.1) is 40.8 Å². The number of aliphatic hydroxyl groups excluding tert-OH is 1. The number of hydrogen-bond acceptors (Lipinski definition) is 7. The average molecular weight is 485 g/mol. The summed E-state index contributed by atoms with van der Waals surface area (Å²) < 4.78 is 2.68. The lowest BCUT2D eigenvalue weighted by Gasteiger charge is -2.19. The van der Waals surface area contributed by atoms with Crippen LogP contribution in [-0.4, -0.2) is 65.9 Å². The predicted molar refractivity (Wildman–Crippen MR) is 126 cm³/mol. The van der Waals surface area contributed by atoms with E-state index in [1.54, 1.807) is 17.7 Å². The fraction of sp³-hybridized carbons (Fsp3) is 0.435. The Balaban J connectivity index is 1.67. The Morgan fingerprint density at radius 3 is 2.76 bits per heavy atom. The van der Waals surface area contributed by atoms with Crippen LogP contribution in [-0.2, 0) is 27.1 Å². The van der Waals surface area contributed by atoms with Crippen LogP contribution in [0.1, 0.15) is 37.9 Å². The summed E-state index contributed by atoms with van der Waals surface area (Å²) in [6.45, 7) is 5.86. The molecule has 1 amide bonds. The van der Waals surface area contributed by atoms with Crippen LogP contribution < -0.4 is 5.56 Å². The maximum absolute atomic E-state index is 13.7. The van der Waals surface area contributed by atoms with Crippen LogP contribution in [0.3, 0.4) is 0 Å². The van der Waals surface area contributed by atoms with Gasteiger partial charge in [-0.05, 0) is 25.0 Å². The van der Waals surface area contributed by atoms with Crippen molar-refractivity contribution in [2.75, 3.05) is 18.9 Å². The van der Waals surface area contributed by atoms with Crippen LogP contribution in [0.2, 0.25) is 0 Å². The summed E-state index contributed by atoms with van der Waals surface area (Å²) in [5.74, 6) is 0.340. The SMILES string of the molecule is CC(C)C[S+]1C(=O)[C@@H](C)c2c1cc(Cn1nnc3ccccc31)n(C(=O)N1CC(O)CO1)c2=O. The zero-order valence-corrected chi connectivity index (χ0v) is 20.0. The van der Waals surface area contributed by atoms with Gasteiger partial charge in [-0.3, -0.25) is 9.63 Å². The first-order valence-corrected chi connectivity index (χ1v) is 12.6. The Kier molecular flexibility index (Phi) is 5.78. The van der Waals surface area contributed by atoms with E-state index in [-0.39, 0.29) is 30.7 Å². The van der Waals surface area contributed by atoms with Crippen molar-refractivity contribution in [1.82, 2.24) is 24.6 Å². The molecule has 2 aliphatic rings. The molecule has 4 heterocycles. The molecule has 1 fully saturated rings. The molecule has 2 unspecified atom stereocenters. The molecule has 1 aromatic carbocycles. The molecule has 1 N–H and O–H groups in total. The standard InChI is InChI=1S/C23H26N5O5S/c1-13(2)12-34-19-8-15(9-26-18-7-5-4-6-17(18)24-25-26)28(21(30)20(19)14(3)22(34)31)23(32)27-10-16(29)11-33-27/h4-8,13-14,16,29H,9-12H2,1-3H3/q+1/t14-,16?,34?/m0/s1. The Morgan fingerprint density at radius 1 is 1.29 bits per heavy atom. The van der Waals surface area contributed by atoms with E-state index in [0.29, 0.717) is 27.4 Å². The van der Waals surface area contributed by atoms with E-state index in [0.717, 1.165) is 15.1 Å². The van der Waals surface area contributed by atoms with Gasteiger partial charge in [0.1, 0.15) is 29.9 Å². The van der Waals surface area contributed by atoms with Gasteiger partial charge in [-0.25, -0.2) is 18.8 Å². The second-order valence-electron chi connectivity index (χ2n) is 9.08. The summed E-state index contributed by atoms with van der Waals surface area (Å²) in [6, 6.07) is 8.52. The lowest BCUT2D eigenvalue weighted by atomic mass is 10.0. The molecule has 0 radical (unpaired) electrons. The highest BCUT2D eigenvalue weighted by Crippen LogP contribution is 2.37. The third-order valence-electron chi connectivity index (χ3n) is 6.01. The van der Waals surface area contributed by atoms with Crippen molar-refractivity contribution in [1.29, 1.82) is 0 Å². The molecule has 3 aromatic rings. The number of benzene rings is 1. The smallest absolute Gasteiger partial charge is 0.355 e. The highest BCUT2D eigenvalue weighted by atomic mass is 32.2. The number of aromatic nitrogens is 4. The number of fused-ring (bicyclic) bond motifs is 2. The monoisotopic (exact) mass is 484 g/mol. The summed E-state index contributed by atoms with van der Waals surface area (Å²) in [6.07, 6.45) is -0.825. The highest BCUT2D eigenvalue weighted by molar-refractivity contribution is 8.11. The minimum Gasteiger partial charge on any atom is -0.389 e. The Hall–Kier alpha value is -3.02. The number of carbonyl (C=O) groups is 2. The molecule has 11 heteroatoms. The van der Waals surface area contributed by atoms with Gasteiger partial charge in [0.25, 0.3) is 5.56 Å². The second-order valence-corrected chi connectivity index (χ2v) is 11.0. The second kappa shape index (κ2) is 8.64. The fourth-order valence-corrected chi connectivity index (χ4v) is 7.01. The molecule has 2 aliphatic heterocycles. The van der Waals surface area contributed by atoms with Crippen molar-refractivity contribution >= 4 is 33.1 Å². The molecule has 0 spiro atoms. The quantitative estimate of drug-likeness (QED) is 0.557. The van der Waals surface area contributed by atoms with E-state index in [9.17, 15) is 19.5 Å². The third kappa shape index (κ3) is 3.73. The van der Waals surface area contributed by atoms with E-state index in [2.05, 4.69) is 10.3 Å². The molecule has 5 rings (SSSR count). The van der Waals surface area contributed by atoms with Crippen molar-refractivity contribution in [2.45, 2.75) is 44.2 Å². The van der Waals surface area contributed by atoms with Crippen LogP contribution >= 0.6 is 0 Å². The fourth-order valence-electron chi connectivity index (χ4n) is 4.43. The van der Waals surface area contributed by atoms with Gasteiger partial charge in [0, 0.05) is 6.07 Å². The first-order valence-electron chi connectivity index (χ1n) is 11.2. The number of para-hydroxylation sites is 1. The number of amides is 1. The number of aliphatic hydroxyl groups is 1. The van der Waals surface area contributed by atoms with Gasteiger partial charge in [0.15, 0.2) is 4.90 Å². The molecule has 0 aliphatic carbocycles. The number of carbonyl (C=O) groups excluding carboxylic acids is 2. The lowest BCUT2D eigenvalue weighted by molar-refractivity contribution is -0.112. The van der Waals surface area contributed by atoms with Crippen LogP contribution in [0.5, 0.6) is 0 Å². The number of pyridine rings is 1. The summed E-state index contributed by atoms with van der Waals surface area (Å²) >= 11 is 0. The first kappa shape index (κ1) is 22.8. The van der Waals surface area contributed by atoms with Crippen LogP contribution in [0.15, 0.2) is 40.0 Å². The van der Waals surface area contributed by atoms with Gasteiger partial charge in [-0.2, -0.15) is 5.06 Å². The molecule has 0 saturated carbocycles. The summed E-state index contributed by atoms with van der Waals surface area (Å²) in [4.78, 5) is 46.3. The number of nitrogens with zero attached hydrogens (tertiary/aromatic N) is 5. The number of rotatable bonds is 4. The molecular weight excluding hydrogens is 458 g/mol. The molecule has 178 valence electrons. The van der Waals surface area contributed by atoms with Crippen molar-refractivity contribution in [3.8, 4) is 0 Å². The first-order chi connectivity index (χ1) is 16.3. The molecule has 3 atom stereocenters. The zero-order valence-electron chi connectivity index (χ0n) is 19.2. The van der Waals surface area contributed by atoms with Crippen molar-refractivity contribution in [3.05, 3.63) is 51.9 Å². The molecular formula is C23H26N5O5S+. The van der Waals surface area contributed by atoms with E-state index in [1.165, 1.54) is 0 Å². The van der Waals surface area contributed by atoms with Gasteiger partial charge in [0.2, 0.25) is 0 Å². The normalized spacial score (nSPS) is 22.2. The molecule has 10 nitrogen and oxygen atoms in total. The van der Waals surface area contributed by atoms with E-state index in [1.807, 2.05) is 38.1 Å². The summed E-state index contributed by atoms with van der Waals surface area (Å²) in [5.41, 5.74) is 1.68. The van der Waals surface area contributed by atoms with Crippen LogP contribution in [0, 0.1) is 5.92 Å². The summed E-state index contributed by atoms with van der Waals surface area (Å²) in [5, 5.41) is 19.2. The van der Waals surface area contributed by atoms with E-state index >= 15 is 0 Å². The largest absolute Gasteiger partial charge is 0.389 e. The van der Waals surface area contributed by atoms with Gasteiger partial charge in [-0.15, -0.1) is 5.10 Å². The van der Waals surface area contributed by atoms with Crippen LogP contribution in [0.25, 0.3) is 11.0 Å². The van der Waals surface area contributed by atoms with Gasteiger partial charge >= 0.3 is 11.1 Å². The predicted octanol–water partition coefficient (Wildman–Crippen LogP) is 1.49. The minimum atomic E-state index is -0.825. The minimum absolute atomic E-state index is 0.0241. The maximum atomic E-state index is 13.7. The lowest BCUT2D eigenvalue weighted by Crippen LogP contribution is -2.42. The van der Waals surface area contributed by atoms with E-state index in [4.69, 9.17) is 4.84 Å². The topological polar surface area (TPSA) is 120 Å². The highest BCUT2D eigenvalue weighted by Gasteiger charge is 2.50. The van der Waals surface area contributed by atoms with Gasteiger partial charge in [-0.1, -0.05) is 31.2 Å². The van der Waals surface area contributed by atoms with E-state index < -0.39 is 34.5 Å². The maximum Gasteiger partial charge on any atom is 0.355 e. The third-order valence-corrected chi connectivity index (χ3v) is 8.72. The van der Waals surface area contributed by atoms with Crippen LogP contribution in [0.4, 0.5) is 4.79 Å². The number of β-amino-alcohol motifs (C(OH)–C–C–N with tert-alkyl or cyclic N) is 1. The van der Waals surface area contributed by atoms with Gasteiger partial charge < -0.3 is 5.11 Å². The Morgan fingerprint density at radius 2 is 2.06 bits per heavy atom. The van der Waals surface area contributed by atoms with Crippen molar-refractivity contribution < 1.29 is 19.5 Å². The molecule has 1 saturated heterocycles.